The van der Waals surface area contributed by atoms with Crippen LogP contribution >= 0.6 is 11.8 Å². The first-order chi connectivity index (χ1) is 27.3. The van der Waals surface area contributed by atoms with Crippen molar-refractivity contribution in [2.24, 2.45) is 0 Å². The van der Waals surface area contributed by atoms with Crippen LogP contribution in [0.15, 0.2) is 186 Å². The summed E-state index contributed by atoms with van der Waals surface area (Å²) < 4.78 is 4.88. The summed E-state index contributed by atoms with van der Waals surface area (Å²) in [5, 5.41) is 8.46. The second-order valence-corrected chi connectivity index (χ2v) is 15.1. The highest BCUT2D eigenvalue weighted by Crippen LogP contribution is 2.49. The largest absolute Gasteiger partial charge is 0.295 e. The molecule has 6 heteroatoms. The van der Waals surface area contributed by atoms with Gasteiger partial charge in [0.05, 0.1) is 16.7 Å². The van der Waals surface area contributed by atoms with Crippen LogP contribution in [0, 0.1) is 0 Å². The Bertz CT molecular complexity index is 3350. The molecule has 0 saturated heterocycles. The second-order valence-electron chi connectivity index (χ2n) is 14.1. The number of aromatic nitrogens is 5. The van der Waals surface area contributed by atoms with Gasteiger partial charge in [0.2, 0.25) is 0 Å². The highest BCUT2D eigenvalue weighted by atomic mass is 32.2. The van der Waals surface area contributed by atoms with Crippen molar-refractivity contribution in [1.82, 2.24) is 24.1 Å². The van der Waals surface area contributed by atoms with Crippen LogP contribution in [0.5, 0.6) is 0 Å². The molecular formula is C49H29N5S. The van der Waals surface area contributed by atoms with Crippen molar-refractivity contribution in [3.63, 3.8) is 0 Å². The zero-order valence-electron chi connectivity index (χ0n) is 29.4. The van der Waals surface area contributed by atoms with Crippen molar-refractivity contribution < 1.29 is 0 Å². The molecule has 0 saturated carbocycles. The lowest BCUT2D eigenvalue weighted by Gasteiger charge is -2.21. The Hall–Kier alpha value is -7.02. The first kappa shape index (κ1) is 30.4. The maximum absolute atomic E-state index is 5.23. The van der Waals surface area contributed by atoms with E-state index in [2.05, 4.69) is 167 Å². The molecule has 0 radical (unpaired) electrons. The number of hydrogen-bond acceptors (Lipinski definition) is 4. The normalized spacial score (nSPS) is 12.3. The molecule has 4 heterocycles. The third kappa shape index (κ3) is 4.59. The Balaban J connectivity index is 1.13. The van der Waals surface area contributed by atoms with E-state index in [9.17, 15) is 0 Å². The van der Waals surface area contributed by atoms with Gasteiger partial charge in [0.25, 0.3) is 0 Å². The van der Waals surface area contributed by atoms with Crippen LogP contribution in [0.4, 0.5) is 0 Å². The molecule has 256 valence electrons. The van der Waals surface area contributed by atoms with Crippen molar-refractivity contribution in [2.45, 2.75) is 9.79 Å². The van der Waals surface area contributed by atoms with Gasteiger partial charge in [0.15, 0.2) is 17.5 Å². The van der Waals surface area contributed by atoms with E-state index < -0.39 is 0 Å². The van der Waals surface area contributed by atoms with Crippen LogP contribution in [-0.2, 0) is 0 Å². The molecule has 55 heavy (non-hydrogen) atoms. The van der Waals surface area contributed by atoms with Crippen molar-refractivity contribution in [2.75, 3.05) is 0 Å². The summed E-state index contributed by atoms with van der Waals surface area (Å²) in [6.07, 6.45) is 0. The van der Waals surface area contributed by atoms with E-state index in [0.717, 1.165) is 33.5 Å². The third-order valence-electron chi connectivity index (χ3n) is 10.9. The summed E-state index contributed by atoms with van der Waals surface area (Å²) >= 11 is 1.85. The molecule has 1 aliphatic rings. The summed E-state index contributed by atoms with van der Waals surface area (Å²) in [7, 11) is 0. The topological polar surface area (TPSA) is 48.5 Å². The molecule has 0 N–H and O–H groups in total. The Morgan fingerprint density at radius 2 is 1.02 bits per heavy atom. The highest BCUT2D eigenvalue weighted by molar-refractivity contribution is 7.99. The van der Waals surface area contributed by atoms with E-state index in [1.54, 1.807) is 0 Å². The van der Waals surface area contributed by atoms with E-state index in [4.69, 9.17) is 15.0 Å². The first-order valence-corrected chi connectivity index (χ1v) is 19.3. The van der Waals surface area contributed by atoms with Gasteiger partial charge < -0.3 is 0 Å². The maximum atomic E-state index is 5.23. The van der Waals surface area contributed by atoms with Crippen LogP contribution in [-0.4, -0.2) is 24.1 Å². The monoisotopic (exact) mass is 719 g/mol. The third-order valence-corrected chi connectivity index (χ3v) is 12.0. The van der Waals surface area contributed by atoms with E-state index in [1.165, 1.54) is 58.7 Å². The molecule has 8 aromatic carbocycles. The molecule has 1 aliphatic heterocycles. The van der Waals surface area contributed by atoms with E-state index in [-0.39, 0.29) is 0 Å². The van der Waals surface area contributed by atoms with Crippen LogP contribution in [0.3, 0.4) is 0 Å². The van der Waals surface area contributed by atoms with Crippen LogP contribution in [0.1, 0.15) is 0 Å². The number of nitrogens with zero attached hydrogens (tertiary/aromatic N) is 5. The Morgan fingerprint density at radius 3 is 1.85 bits per heavy atom. The van der Waals surface area contributed by atoms with Gasteiger partial charge in [-0.2, -0.15) is 0 Å². The molecular weight excluding hydrogens is 691 g/mol. The van der Waals surface area contributed by atoms with Gasteiger partial charge in [-0.25, -0.2) is 15.0 Å². The zero-order chi connectivity index (χ0) is 36.0. The predicted molar refractivity (Wildman–Crippen MR) is 226 cm³/mol. The number of benzene rings is 8. The van der Waals surface area contributed by atoms with Gasteiger partial charge in [-0.05, 0) is 64.0 Å². The predicted octanol–water partition coefficient (Wildman–Crippen LogP) is 12.7. The summed E-state index contributed by atoms with van der Waals surface area (Å²) in [5.41, 5.74) is 8.62. The fourth-order valence-electron chi connectivity index (χ4n) is 8.45. The van der Waals surface area contributed by atoms with E-state index in [1.807, 2.05) is 30.0 Å². The van der Waals surface area contributed by atoms with Gasteiger partial charge in [-0.15, -0.1) is 0 Å². The number of hydrogen-bond donors (Lipinski definition) is 0. The molecule has 0 spiro atoms. The van der Waals surface area contributed by atoms with E-state index in [0.29, 0.717) is 17.5 Å². The van der Waals surface area contributed by atoms with Crippen molar-refractivity contribution in [3.05, 3.63) is 176 Å². The van der Waals surface area contributed by atoms with Crippen LogP contribution in [0.2, 0.25) is 0 Å². The minimum absolute atomic E-state index is 0.632. The molecule has 0 unspecified atom stereocenters. The average Bonchev–Trinajstić information content (AvgIpc) is 3.77. The van der Waals surface area contributed by atoms with Gasteiger partial charge in [-0.1, -0.05) is 145 Å². The minimum Gasteiger partial charge on any atom is -0.295 e. The summed E-state index contributed by atoms with van der Waals surface area (Å²) in [4.78, 5) is 18.0. The van der Waals surface area contributed by atoms with Crippen LogP contribution < -0.4 is 0 Å². The molecule has 5 nitrogen and oxygen atoms in total. The van der Waals surface area contributed by atoms with Gasteiger partial charge in [-0.3, -0.25) is 9.13 Å². The fourth-order valence-corrected chi connectivity index (χ4v) is 9.54. The average molecular weight is 720 g/mol. The Kier molecular flexibility index (Phi) is 6.50. The molecule has 11 aromatic rings. The molecule has 0 amide bonds. The summed E-state index contributed by atoms with van der Waals surface area (Å²) in [5.74, 6) is 1.92. The molecule has 0 atom stereocenters. The Labute approximate surface area is 320 Å². The lowest BCUT2D eigenvalue weighted by Crippen LogP contribution is -2.05. The van der Waals surface area contributed by atoms with Gasteiger partial charge in [0.1, 0.15) is 5.65 Å². The maximum Gasteiger partial charge on any atom is 0.164 e. The lowest BCUT2D eigenvalue weighted by molar-refractivity contribution is 1.03. The van der Waals surface area contributed by atoms with Crippen molar-refractivity contribution >= 4 is 66.1 Å². The van der Waals surface area contributed by atoms with Crippen molar-refractivity contribution in [3.8, 4) is 45.5 Å². The molecule has 0 bridgehead atoms. The van der Waals surface area contributed by atoms with Crippen molar-refractivity contribution in [1.29, 1.82) is 0 Å². The minimum atomic E-state index is 0.632. The van der Waals surface area contributed by atoms with Gasteiger partial charge >= 0.3 is 0 Å². The number of para-hydroxylation sites is 3. The first-order valence-electron chi connectivity index (χ1n) is 18.4. The molecule has 0 fully saturated rings. The smallest absolute Gasteiger partial charge is 0.164 e. The Morgan fingerprint density at radius 1 is 0.400 bits per heavy atom. The lowest BCUT2D eigenvalue weighted by atomic mass is 10.00. The zero-order valence-corrected chi connectivity index (χ0v) is 30.2. The summed E-state index contributed by atoms with van der Waals surface area (Å²) in [6, 6.07) is 62.4. The highest BCUT2D eigenvalue weighted by Gasteiger charge is 2.28. The second kappa shape index (κ2) is 11.7. The quantitative estimate of drug-likeness (QED) is 0.170. The molecule has 3 aromatic heterocycles. The SMILES string of the molecule is c1ccc(-c2nc(-c3ccc4ccc5ccccc5c4c3)nc(-c3ccc4c5c6cccc7c6n(c5n(-c5ccccc5)c4c3)-c3ccccc3S7)n2)cc1. The fraction of sp³-hybridized carbons (Fsp3) is 0. The summed E-state index contributed by atoms with van der Waals surface area (Å²) in [6.45, 7) is 0. The van der Waals surface area contributed by atoms with E-state index >= 15 is 0 Å². The molecule has 12 rings (SSSR count). The number of rotatable bonds is 4. The molecule has 0 aliphatic carbocycles. The number of fused-ring (bicyclic) bond motifs is 10. The van der Waals surface area contributed by atoms with Crippen LogP contribution in [0.25, 0.3) is 99.9 Å². The standard InChI is InChI=1S/C49H29N5S/c1-3-13-32(14-4-1)46-50-47(33-25-24-31-23-22-30-12-7-8-17-36(30)39(31)28-33)52-48(51-46)34-26-27-37-41(29-34)53(35-15-5-2-6-16-35)49-44(37)38-18-11-21-43-45(38)54(49)40-19-9-10-20-42(40)55-43/h1-29H. The van der Waals surface area contributed by atoms with Gasteiger partial charge in [0, 0.05) is 48.3 Å².